The van der Waals surface area contributed by atoms with Crippen molar-refractivity contribution in [3.8, 4) is 0 Å². The van der Waals surface area contributed by atoms with Gasteiger partial charge in [0.15, 0.2) is 0 Å². The van der Waals surface area contributed by atoms with Crippen molar-refractivity contribution in [3.63, 3.8) is 0 Å². The number of carbonyl (C=O) groups excluding carboxylic acids is 1. The highest BCUT2D eigenvalue weighted by molar-refractivity contribution is 7.97. The van der Waals surface area contributed by atoms with Gasteiger partial charge in [-0.05, 0) is 76.4 Å². The predicted octanol–water partition coefficient (Wildman–Crippen LogP) is 16.1. The minimum absolute atomic E-state index is 0. The molecule has 6 heteroatoms. The van der Waals surface area contributed by atoms with E-state index in [1.54, 1.807) is 11.9 Å². The van der Waals surface area contributed by atoms with Crippen molar-refractivity contribution in [1.29, 1.82) is 0 Å². The fourth-order valence-electron chi connectivity index (χ4n) is 7.29. The molecule has 0 aromatic heterocycles. The molecule has 0 aromatic carbocycles. The van der Waals surface area contributed by atoms with Gasteiger partial charge in [0.2, 0.25) is 0 Å². The Hall–Kier alpha value is -0.980. The molecule has 56 heavy (non-hydrogen) atoms. The fraction of sp³-hybridized carbons (Fsp3) is 0.900. The molecule has 0 bridgehead atoms. The number of hydrogen-bond donors (Lipinski definition) is 1. The Morgan fingerprint density at radius 3 is 1.55 bits per heavy atom. The van der Waals surface area contributed by atoms with Crippen molar-refractivity contribution in [2.24, 2.45) is 11.8 Å². The summed E-state index contributed by atoms with van der Waals surface area (Å²) in [5.41, 5.74) is 0. The maximum absolute atomic E-state index is 12.3. The van der Waals surface area contributed by atoms with E-state index in [0.29, 0.717) is 13.0 Å². The van der Waals surface area contributed by atoms with Gasteiger partial charge in [-0.3, -0.25) is 9.52 Å². The molecule has 0 unspecified atom stereocenters. The van der Waals surface area contributed by atoms with Gasteiger partial charge in [-0.1, -0.05) is 202 Å². The molecule has 0 rings (SSSR count). The number of rotatable bonds is 44. The molecule has 0 aromatic rings. The molecule has 0 saturated heterocycles. The fourth-order valence-corrected chi connectivity index (χ4v) is 7.82. The van der Waals surface area contributed by atoms with Crippen LogP contribution in [0.25, 0.3) is 0 Å². The highest BCUT2D eigenvalue weighted by Crippen LogP contribution is 2.23. The van der Waals surface area contributed by atoms with Crippen LogP contribution in [0.2, 0.25) is 0 Å². The first-order valence-corrected chi connectivity index (χ1v) is 25.1. The van der Waals surface area contributed by atoms with E-state index in [1.807, 2.05) is 19.9 Å². The summed E-state index contributed by atoms with van der Waals surface area (Å²) in [7, 11) is 0. The van der Waals surface area contributed by atoms with Crippen LogP contribution in [0.15, 0.2) is 25.0 Å². The quantitative estimate of drug-likeness (QED) is 0.0217. The van der Waals surface area contributed by atoms with E-state index in [0.717, 1.165) is 62.2 Å². The summed E-state index contributed by atoms with van der Waals surface area (Å²) in [5, 5.41) is 0. The van der Waals surface area contributed by atoms with Crippen LogP contribution in [0.5, 0.6) is 0 Å². The molecule has 0 aliphatic carbocycles. The van der Waals surface area contributed by atoms with Crippen LogP contribution in [0.3, 0.4) is 0 Å². The zero-order chi connectivity index (χ0) is 40.9. The van der Waals surface area contributed by atoms with Crippen LogP contribution in [-0.2, 0) is 14.3 Å². The molecule has 0 fully saturated rings. The summed E-state index contributed by atoms with van der Waals surface area (Å²) in [6, 6.07) is 0. The summed E-state index contributed by atoms with van der Waals surface area (Å²) >= 11 is 1.75. The van der Waals surface area contributed by atoms with Gasteiger partial charge >= 0.3 is 5.97 Å². The average molecular weight is 811 g/mol. The van der Waals surface area contributed by atoms with Crippen molar-refractivity contribution in [2.75, 3.05) is 45.1 Å². The van der Waals surface area contributed by atoms with Crippen LogP contribution < -0.4 is 4.72 Å². The molecule has 1 N–H and O–H groups in total. The van der Waals surface area contributed by atoms with Crippen molar-refractivity contribution >= 4 is 17.9 Å². The molecular weight excluding hydrogens is 709 g/mol. The van der Waals surface area contributed by atoms with Gasteiger partial charge in [-0.15, -0.1) is 6.58 Å². The molecule has 0 aliphatic heterocycles. The van der Waals surface area contributed by atoms with Gasteiger partial charge < -0.3 is 14.4 Å². The number of esters is 1. The second-order valence-corrected chi connectivity index (χ2v) is 16.8. The smallest absolute Gasteiger partial charge is 0.305 e. The Morgan fingerprint density at radius 2 is 1.04 bits per heavy atom. The van der Waals surface area contributed by atoms with E-state index >= 15 is 0 Å². The number of nitrogens with zero attached hydrogens (tertiary/aromatic N) is 1. The zero-order valence-corrected chi connectivity index (χ0v) is 39.0. The van der Waals surface area contributed by atoms with Gasteiger partial charge in [0.25, 0.3) is 0 Å². The molecular formula is C50H102N2O3S. The summed E-state index contributed by atoms with van der Waals surface area (Å²) in [6.45, 7) is 27.3. The minimum Gasteiger partial charge on any atom is -0.499 e. The van der Waals surface area contributed by atoms with E-state index in [9.17, 15) is 4.79 Å². The van der Waals surface area contributed by atoms with E-state index in [2.05, 4.69) is 50.5 Å². The lowest BCUT2D eigenvalue weighted by atomic mass is 9.92. The van der Waals surface area contributed by atoms with Crippen molar-refractivity contribution < 1.29 is 14.3 Å². The lowest BCUT2D eigenvalue weighted by molar-refractivity contribution is -0.144. The topological polar surface area (TPSA) is 50.8 Å². The Bertz CT molecular complexity index is 776. The Kier molecular flexibility index (Phi) is 53.1. The number of ether oxygens (including phenoxy) is 2. The summed E-state index contributed by atoms with van der Waals surface area (Å²) in [4.78, 5) is 15.0. The maximum atomic E-state index is 12.3. The summed E-state index contributed by atoms with van der Waals surface area (Å²) < 4.78 is 15.2. The van der Waals surface area contributed by atoms with E-state index in [1.165, 1.54) is 174 Å². The second kappa shape index (κ2) is 50.2. The SMILES string of the molecule is C.C=CCSNCCCN(CCCCCCCC(=C)OCCC(CCCCC)CCCCC)CCCCCCCC(=O)OCCC(CCCC)CCCC.CC. The first kappa shape index (κ1) is 59.3. The van der Waals surface area contributed by atoms with Gasteiger partial charge in [0.05, 0.1) is 19.0 Å². The highest BCUT2D eigenvalue weighted by atomic mass is 32.2. The molecule has 0 spiro atoms. The van der Waals surface area contributed by atoms with Crippen molar-refractivity contribution in [1.82, 2.24) is 9.62 Å². The van der Waals surface area contributed by atoms with Gasteiger partial charge in [0.1, 0.15) is 0 Å². The Labute approximate surface area is 357 Å². The largest absolute Gasteiger partial charge is 0.499 e. The lowest BCUT2D eigenvalue weighted by Crippen LogP contribution is -2.29. The van der Waals surface area contributed by atoms with Crippen molar-refractivity contribution in [2.45, 2.75) is 235 Å². The van der Waals surface area contributed by atoms with E-state index < -0.39 is 0 Å². The minimum atomic E-state index is 0. The van der Waals surface area contributed by atoms with Gasteiger partial charge in [-0.25, -0.2) is 0 Å². The molecule has 0 heterocycles. The number of nitrogens with one attached hydrogen (secondary N) is 1. The normalized spacial score (nSPS) is 11.1. The van der Waals surface area contributed by atoms with Gasteiger partial charge in [-0.2, -0.15) is 0 Å². The van der Waals surface area contributed by atoms with Crippen molar-refractivity contribution in [3.05, 3.63) is 25.0 Å². The number of unbranched alkanes of at least 4 members (excludes halogenated alkanes) is 14. The molecule has 0 radical (unpaired) electrons. The Morgan fingerprint density at radius 1 is 0.589 bits per heavy atom. The number of hydrogen-bond acceptors (Lipinski definition) is 6. The second-order valence-electron chi connectivity index (χ2n) is 15.9. The maximum Gasteiger partial charge on any atom is 0.305 e. The predicted molar refractivity (Wildman–Crippen MR) is 255 cm³/mol. The van der Waals surface area contributed by atoms with Crippen LogP contribution >= 0.6 is 11.9 Å². The molecule has 0 saturated carbocycles. The summed E-state index contributed by atoms with van der Waals surface area (Å²) in [6.07, 6.45) is 37.6. The molecule has 0 amide bonds. The molecule has 336 valence electrons. The lowest BCUT2D eigenvalue weighted by Gasteiger charge is -2.22. The number of carbonyl (C=O) groups is 1. The van der Waals surface area contributed by atoms with Crippen LogP contribution in [0.4, 0.5) is 0 Å². The molecule has 0 atom stereocenters. The molecule has 0 aliphatic rings. The zero-order valence-electron chi connectivity index (χ0n) is 38.2. The third-order valence-electron chi connectivity index (χ3n) is 10.8. The number of allylic oxidation sites excluding steroid dienone is 1. The molecule has 5 nitrogen and oxygen atoms in total. The van der Waals surface area contributed by atoms with E-state index in [-0.39, 0.29) is 13.4 Å². The third kappa shape index (κ3) is 44.1. The average Bonchev–Trinajstić information content (AvgIpc) is 3.19. The van der Waals surface area contributed by atoms with Crippen LogP contribution in [-0.4, -0.2) is 56.0 Å². The van der Waals surface area contributed by atoms with Crippen LogP contribution in [0, 0.1) is 11.8 Å². The monoisotopic (exact) mass is 811 g/mol. The van der Waals surface area contributed by atoms with Crippen LogP contribution in [0.1, 0.15) is 235 Å². The first-order valence-electron chi connectivity index (χ1n) is 24.1. The van der Waals surface area contributed by atoms with Gasteiger partial charge in [0, 0.05) is 25.1 Å². The Balaban J connectivity index is -0.00000920. The standard InChI is InChI=1S/C47H92N2O3S.C2H6.CH4/c1-7-12-22-32-46(33-23-13-8-2)35-41-51-44(6)29-24-18-16-20-26-38-49(40-28-37-48-53-43-11-5)39-27-21-17-19-25-34-47(50)52-42-36-45(30-14-9-3)31-15-10-4;1-2;/h11,45-46,48H,5-10,12-43H2,1-4H3;1-2H3;1H4. The highest BCUT2D eigenvalue weighted by Gasteiger charge is 2.11. The van der Waals surface area contributed by atoms with E-state index in [4.69, 9.17) is 9.47 Å². The third-order valence-corrected chi connectivity index (χ3v) is 11.6. The summed E-state index contributed by atoms with van der Waals surface area (Å²) in [5.74, 6) is 3.51. The first-order chi connectivity index (χ1) is 27.0.